The Balaban J connectivity index is 1.15. The van der Waals surface area contributed by atoms with E-state index in [4.69, 9.17) is 10.5 Å². The molecule has 208 valence electrons. The fourth-order valence-corrected chi connectivity index (χ4v) is 6.51. The minimum Gasteiger partial charge on any atom is -0.492 e. The molecule has 3 aliphatic rings. The predicted octanol–water partition coefficient (Wildman–Crippen LogP) is 4.59. The smallest absolute Gasteiger partial charge is 0.322 e. The lowest BCUT2D eigenvalue weighted by Gasteiger charge is -2.40. The summed E-state index contributed by atoms with van der Waals surface area (Å²) in [5.41, 5.74) is 8.87. The molecule has 0 radical (unpaired) electrons. The van der Waals surface area contributed by atoms with Crippen molar-refractivity contribution in [3.63, 3.8) is 0 Å². The molecule has 3 amide bonds. The van der Waals surface area contributed by atoms with E-state index in [1.807, 2.05) is 42.1 Å². The molecule has 0 spiro atoms. The van der Waals surface area contributed by atoms with E-state index in [2.05, 4.69) is 42.1 Å². The van der Waals surface area contributed by atoms with Gasteiger partial charge < -0.3 is 30.5 Å². The number of carbonyl (C=O) groups excluding carboxylic acids is 3. The number of rotatable bonds is 8. The molecule has 2 heterocycles. The number of nitrogen functional groups attached to an aromatic ring is 1. The average molecular weight is 663 g/mol. The van der Waals surface area contributed by atoms with E-state index in [9.17, 15) is 14.4 Å². The number of nitrogens with zero attached hydrogens (tertiary/aromatic N) is 3. The van der Waals surface area contributed by atoms with Crippen molar-refractivity contribution in [2.75, 3.05) is 51.4 Å². The van der Waals surface area contributed by atoms with Gasteiger partial charge in [-0.15, -0.1) is 0 Å². The Hall–Kier alpha value is -2.63. The first kappa shape index (κ1) is 27.9. The molecule has 11 heteroatoms. The van der Waals surface area contributed by atoms with Crippen molar-refractivity contribution in [2.45, 2.75) is 31.8 Å². The number of carbonyl (C=O) groups is 3. The summed E-state index contributed by atoms with van der Waals surface area (Å²) in [6.07, 6.45) is 1.98. The molecular weight excluding hydrogens is 630 g/mol. The fraction of sp³-hybridized carbons (Fsp3) is 0.464. The summed E-state index contributed by atoms with van der Waals surface area (Å²) in [6, 6.07) is 9.15. The van der Waals surface area contributed by atoms with Crippen LogP contribution < -0.4 is 15.8 Å². The first-order chi connectivity index (χ1) is 18.6. The minimum absolute atomic E-state index is 0.0293. The SMILES string of the molecule is CN(C)CCOc1ccc2c(c1)CN(C1CCN(C(=O)[C@@H]3C[C@H]3C(=O)c3cc(Br)c(N)c(Br)c3)CC1)C(=O)N2. The molecular formula is C28H33Br2N5O4. The van der Waals surface area contributed by atoms with Gasteiger partial charge in [0, 0.05) is 64.3 Å². The fourth-order valence-electron chi connectivity index (χ4n) is 5.33. The Morgan fingerprint density at radius 1 is 1.10 bits per heavy atom. The van der Waals surface area contributed by atoms with Crippen LogP contribution in [-0.4, -0.2) is 78.8 Å². The van der Waals surface area contributed by atoms with Crippen molar-refractivity contribution >= 4 is 61.0 Å². The van der Waals surface area contributed by atoms with Gasteiger partial charge in [0.05, 0.1) is 5.69 Å². The van der Waals surface area contributed by atoms with Gasteiger partial charge in [-0.1, -0.05) is 0 Å². The Morgan fingerprint density at radius 2 is 1.79 bits per heavy atom. The molecule has 5 rings (SSSR count). The van der Waals surface area contributed by atoms with Gasteiger partial charge >= 0.3 is 6.03 Å². The minimum atomic E-state index is -0.295. The highest BCUT2D eigenvalue weighted by Crippen LogP contribution is 2.44. The van der Waals surface area contributed by atoms with Crippen LogP contribution in [0.4, 0.5) is 16.2 Å². The molecule has 2 aliphatic heterocycles. The normalized spacial score (nSPS) is 21.0. The van der Waals surface area contributed by atoms with Gasteiger partial charge in [0.15, 0.2) is 5.78 Å². The van der Waals surface area contributed by atoms with Gasteiger partial charge in [0.2, 0.25) is 5.91 Å². The van der Waals surface area contributed by atoms with Gasteiger partial charge in [-0.2, -0.15) is 0 Å². The topological polar surface area (TPSA) is 108 Å². The third kappa shape index (κ3) is 6.10. The highest BCUT2D eigenvalue weighted by molar-refractivity contribution is 9.11. The molecule has 2 aromatic rings. The van der Waals surface area contributed by atoms with Gasteiger partial charge in [-0.25, -0.2) is 4.79 Å². The molecule has 0 bridgehead atoms. The number of amides is 3. The highest BCUT2D eigenvalue weighted by Gasteiger charge is 2.50. The third-order valence-corrected chi connectivity index (χ3v) is 9.06. The van der Waals surface area contributed by atoms with Crippen LogP contribution in [0.5, 0.6) is 5.75 Å². The standard InChI is InChI=1S/C28H33Br2N5O4/c1-33(2)9-10-39-19-3-4-24-17(11-19)15-35(28(38)32-24)18-5-7-34(8-6-18)27(37)21-14-20(21)26(36)16-12-22(29)25(31)23(30)13-16/h3-4,11-13,18,20-21H,5-10,14-15,31H2,1-2H3,(H,32,38)/t20-,21-/m1/s1. The quantitative estimate of drug-likeness (QED) is 0.316. The van der Waals surface area contributed by atoms with Crippen molar-refractivity contribution in [3.05, 3.63) is 50.4 Å². The second-order valence-corrected chi connectivity index (χ2v) is 12.5. The van der Waals surface area contributed by atoms with Crippen molar-refractivity contribution in [1.29, 1.82) is 0 Å². The number of ketones is 1. The lowest BCUT2D eigenvalue weighted by Crippen LogP contribution is -2.51. The van der Waals surface area contributed by atoms with E-state index in [0.29, 0.717) is 65.7 Å². The summed E-state index contributed by atoms with van der Waals surface area (Å²) < 4.78 is 7.19. The van der Waals surface area contributed by atoms with E-state index < -0.39 is 0 Å². The summed E-state index contributed by atoms with van der Waals surface area (Å²) in [5, 5.41) is 3.01. The first-order valence-electron chi connectivity index (χ1n) is 13.2. The number of likely N-dealkylation sites (tertiary alicyclic amines) is 1. The molecule has 2 atom stereocenters. The number of nitrogens with one attached hydrogen (secondary N) is 1. The molecule has 0 unspecified atom stereocenters. The van der Waals surface area contributed by atoms with E-state index >= 15 is 0 Å². The number of nitrogens with two attached hydrogens (primary N) is 1. The summed E-state index contributed by atoms with van der Waals surface area (Å²) in [6.45, 7) is 3.08. The molecule has 1 saturated carbocycles. The second kappa shape index (κ2) is 11.5. The molecule has 1 aliphatic carbocycles. The maximum Gasteiger partial charge on any atom is 0.322 e. The van der Waals surface area contributed by atoms with E-state index in [1.165, 1.54) is 0 Å². The molecule has 1 saturated heterocycles. The zero-order valence-corrected chi connectivity index (χ0v) is 25.3. The van der Waals surface area contributed by atoms with Crippen LogP contribution in [0.25, 0.3) is 0 Å². The van der Waals surface area contributed by atoms with Crippen LogP contribution in [0.2, 0.25) is 0 Å². The van der Waals surface area contributed by atoms with Gasteiger partial charge in [-0.3, -0.25) is 9.59 Å². The number of Topliss-reactive ketones (excluding diaryl/α,β-unsaturated/α-hetero) is 1. The molecule has 0 aromatic heterocycles. The van der Waals surface area contributed by atoms with Crippen molar-refractivity contribution in [1.82, 2.24) is 14.7 Å². The van der Waals surface area contributed by atoms with Crippen LogP contribution >= 0.6 is 31.9 Å². The molecule has 2 fully saturated rings. The maximum atomic E-state index is 13.2. The van der Waals surface area contributed by atoms with E-state index in [-0.39, 0.29) is 35.6 Å². The number of likely N-dealkylation sites (N-methyl/N-ethyl adjacent to an activating group) is 1. The van der Waals surface area contributed by atoms with Crippen LogP contribution in [-0.2, 0) is 11.3 Å². The first-order valence-corrected chi connectivity index (χ1v) is 14.8. The Morgan fingerprint density at radius 3 is 2.46 bits per heavy atom. The zero-order chi connectivity index (χ0) is 27.8. The van der Waals surface area contributed by atoms with Crippen molar-refractivity contribution in [2.24, 2.45) is 11.8 Å². The second-order valence-electron chi connectivity index (χ2n) is 10.8. The van der Waals surface area contributed by atoms with E-state index in [1.54, 1.807) is 12.1 Å². The number of hydrogen-bond acceptors (Lipinski definition) is 6. The summed E-state index contributed by atoms with van der Waals surface area (Å²) in [4.78, 5) is 44.9. The van der Waals surface area contributed by atoms with E-state index in [0.717, 1.165) is 23.5 Å². The lowest BCUT2D eigenvalue weighted by molar-refractivity contribution is -0.134. The van der Waals surface area contributed by atoms with Crippen LogP contribution in [0.1, 0.15) is 35.2 Å². The molecule has 2 aromatic carbocycles. The number of ether oxygens (including phenoxy) is 1. The number of hydrogen-bond donors (Lipinski definition) is 2. The third-order valence-electron chi connectivity index (χ3n) is 7.75. The monoisotopic (exact) mass is 661 g/mol. The van der Waals surface area contributed by atoms with Gasteiger partial charge in [-0.05, 0) is 101 Å². The van der Waals surface area contributed by atoms with Crippen molar-refractivity contribution < 1.29 is 19.1 Å². The molecule has 9 nitrogen and oxygen atoms in total. The van der Waals surface area contributed by atoms with Crippen molar-refractivity contribution in [3.8, 4) is 5.75 Å². The lowest BCUT2D eigenvalue weighted by atomic mass is 10.00. The van der Waals surface area contributed by atoms with Crippen LogP contribution in [0.3, 0.4) is 0 Å². The predicted molar refractivity (Wildman–Crippen MR) is 157 cm³/mol. The van der Waals surface area contributed by atoms with Gasteiger partial charge in [0.25, 0.3) is 0 Å². The number of benzene rings is 2. The Bertz CT molecular complexity index is 1270. The van der Waals surface area contributed by atoms with Crippen LogP contribution in [0.15, 0.2) is 39.3 Å². The zero-order valence-electron chi connectivity index (χ0n) is 22.1. The largest absolute Gasteiger partial charge is 0.492 e. The molecule has 39 heavy (non-hydrogen) atoms. The number of fused-ring (bicyclic) bond motifs is 1. The summed E-state index contributed by atoms with van der Waals surface area (Å²) >= 11 is 6.78. The number of piperidine rings is 1. The highest BCUT2D eigenvalue weighted by atomic mass is 79.9. The Kier molecular flexibility index (Phi) is 8.21. The number of halogens is 2. The Labute approximate surface area is 245 Å². The average Bonchev–Trinajstić information content (AvgIpc) is 3.71. The van der Waals surface area contributed by atoms with Gasteiger partial charge in [0.1, 0.15) is 12.4 Å². The van der Waals surface area contributed by atoms with Crippen LogP contribution in [0, 0.1) is 11.8 Å². The molecule has 3 N–H and O–H groups in total. The maximum absolute atomic E-state index is 13.2. The summed E-state index contributed by atoms with van der Waals surface area (Å²) in [5.74, 6) is 0.224. The number of urea groups is 1. The summed E-state index contributed by atoms with van der Waals surface area (Å²) in [7, 11) is 4.01. The number of anilines is 2.